The van der Waals surface area contributed by atoms with Crippen LogP contribution in [0.2, 0.25) is 5.02 Å². The van der Waals surface area contributed by atoms with Crippen LogP contribution in [0.25, 0.3) is 0 Å². The summed E-state index contributed by atoms with van der Waals surface area (Å²) in [5.41, 5.74) is 1.44. The van der Waals surface area contributed by atoms with Crippen LogP contribution in [0.3, 0.4) is 0 Å². The molecule has 0 bridgehead atoms. The van der Waals surface area contributed by atoms with Crippen LogP contribution < -0.4 is 10.6 Å². The third-order valence-corrected chi connectivity index (χ3v) is 2.87. The van der Waals surface area contributed by atoms with E-state index in [4.69, 9.17) is 11.6 Å². The lowest BCUT2D eigenvalue weighted by molar-refractivity contribution is 0.262. The Morgan fingerprint density at radius 1 is 1.11 bits per heavy atom. The number of urea groups is 1. The summed E-state index contributed by atoms with van der Waals surface area (Å²) < 4.78 is 13.3. The summed E-state index contributed by atoms with van der Waals surface area (Å²) in [6, 6.07) is 10.8. The fourth-order valence-electron chi connectivity index (χ4n) is 1.56. The second kappa shape index (κ2) is 5.71. The van der Waals surface area contributed by atoms with Crippen molar-refractivity contribution in [2.75, 3.05) is 10.6 Å². The molecule has 0 spiro atoms. The first-order chi connectivity index (χ1) is 9.06. The Kier molecular flexibility index (Phi) is 4.02. The maximum Gasteiger partial charge on any atom is 0.323 e. The maximum atomic E-state index is 13.3. The van der Waals surface area contributed by atoms with E-state index >= 15 is 0 Å². The molecule has 0 aliphatic heterocycles. The Balaban J connectivity index is 2.05. The predicted molar refractivity (Wildman–Crippen MR) is 75.2 cm³/mol. The number of anilines is 2. The Labute approximate surface area is 115 Å². The zero-order valence-corrected chi connectivity index (χ0v) is 11.0. The lowest BCUT2D eigenvalue weighted by Gasteiger charge is -2.10. The van der Waals surface area contributed by atoms with E-state index in [-0.39, 0.29) is 5.82 Å². The molecule has 0 heterocycles. The summed E-state index contributed by atoms with van der Waals surface area (Å²) in [5.74, 6) is -0.357. The minimum atomic E-state index is -0.434. The molecule has 2 N–H and O–H groups in total. The summed E-state index contributed by atoms with van der Waals surface area (Å²) in [7, 11) is 0. The van der Waals surface area contributed by atoms with Gasteiger partial charge < -0.3 is 10.6 Å². The number of carbonyl (C=O) groups excluding carboxylic acids is 1. The Morgan fingerprint density at radius 2 is 1.79 bits per heavy atom. The molecule has 0 radical (unpaired) electrons. The first-order valence-corrected chi connectivity index (χ1v) is 6.03. The third-order valence-electron chi connectivity index (χ3n) is 2.62. The van der Waals surface area contributed by atoms with Crippen LogP contribution in [-0.2, 0) is 0 Å². The zero-order valence-electron chi connectivity index (χ0n) is 10.2. The van der Waals surface area contributed by atoms with Gasteiger partial charge in [0.1, 0.15) is 5.82 Å². The van der Waals surface area contributed by atoms with E-state index in [9.17, 15) is 9.18 Å². The van der Waals surface area contributed by atoms with Crippen LogP contribution in [0.1, 0.15) is 5.56 Å². The van der Waals surface area contributed by atoms with Gasteiger partial charge in [-0.15, -0.1) is 0 Å². The molecule has 2 rings (SSSR count). The second-order valence-electron chi connectivity index (χ2n) is 4.00. The van der Waals surface area contributed by atoms with Crippen molar-refractivity contribution in [3.8, 4) is 0 Å². The van der Waals surface area contributed by atoms with Crippen molar-refractivity contribution in [2.45, 2.75) is 6.92 Å². The standard InChI is InChI=1S/C14H12ClFN2O/c1-9-12(16)3-2-4-13(9)18-14(19)17-11-7-5-10(15)6-8-11/h2-8H,1H3,(H2,17,18,19). The van der Waals surface area contributed by atoms with Crippen LogP contribution in [-0.4, -0.2) is 6.03 Å². The van der Waals surface area contributed by atoms with E-state index in [2.05, 4.69) is 10.6 Å². The fraction of sp³-hybridized carbons (Fsp3) is 0.0714. The maximum absolute atomic E-state index is 13.3. The van der Waals surface area contributed by atoms with Crippen LogP contribution in [0, 0.1) is 12.7 Å². The van der Waals surface area contributed by atoms with Crippen molar-refractivity contribution in [1.29, 1.82) is 0 Å². The minimum Gasteiger partial charge on any atom is -0.308 e. The van der Waals surface area contributed by atoms with Crippen molar-refractivity contribution in [2.24, 2.45) is 0 Å². The first-order valence-electron chi connectivity index (χ1n) is 5.65. The van der Waals surface area contributed by atoms with Gasteiger partial charge in [-0.3, -0.25) is 0 Å². The van der Waals surface area contributed by atoms with Crippen LogP contribution in [0.4, 0.5) is 20.6 Å². The number of amides is 2. The number of hydrogen-bond acceptors (Lipinski definition) is 1. The summed E-state index contributed by atoms with van der Waals surface area (Å²) in [4.78, 5) is 11.8. The van der Waals surface area contributed by atoms with E-state index in [0.717, 1.165) is 0 Å². The molecule has 0 unspecified atom stereocenters. The highest BCUT2D eigenvalue weighted by atomic mass is 35.5. The molecule has 5 heteroatoms. The van der Waals surface area contributed by atoms with E-state index in [1.54, 1.807) is 43.3 Å². The molecule has 0 aromatic heterocycles. The van der Waals surface area contributed by atoms with Gasteiger partial charge in [-0.05, 0) is 43.3 Å². The monoisotopic (exact) mass is 278 g/mol. The molecule has 0 aliphatic rings. The van der Waals surface area contributed by atoms with E-state index in [1.165, 1.54) is 6.07 Å². The minimum absolute atomic E-state index is 0.357. The number of rotatable bonds is 2. The van der Waals surface area contributed by atoms with Gasteiger partial charge in [-0.1, -0.05) is 17.7 Å². The van der Waals surface area contributed by atoms with Crippen molar-refractivity contribution in [3.05, 3.63) is 58.9 Å². The van der Waals surface area contributed by atoms with Crippen molar-refractivity contribution in [1.82, 2.24) is 0 Å². The summed E-state index contributed by atoms with van der Waals surface area (Å²) in [5, 5.41) is 5.81. The van der Waals surface area contributed by atoms with E-state index in [1.807, 2.05) is 0 Å². The highest BCUT2D eigenvalue weighted by molar-refractivity contribution is 6.30. The SMILES string of the molecule is Cc1c(F)cccc1NC(=O)Nc1ccc(Cl)cc1. The van der Waals surface area contributed by atoms with Gasteiger partial charge in [0, 0.05) is 22.0 Å². The summed E-state index contributed by atoms with van der Waals surface area (Å²) >= 11 is 5.75. The van der Waals surface area contributed by atoms with Crippen LogP contribution >= 0.6 is 11.6 Å². The zero-order chi connectivity index (χ0) is 13.8. The first kappa shape index (κ1) is 13.4. The van der Waals surface area contributed by atoms with Crippen LogP contribution in [0.15, 0.2) is 42.5 Å². The van der Waals surface area contributed by atoms with Crippen LogP contribution in [0.5, 0.6) is 0 Å². The number of nitrogens with one attached hydrogen (secondary N) is 2. The molecule has 98 valence electrons. The molecule has 3 nitrogen and oxygen atoms in total. The molecule has 0 fully saturated rings. The molecule has 0 aliphatic carbocycles. The third kappa shape index (κ3) is 3.45. The normalized spacial score (nSPS) is 10.1. The molecule has 2 aromatic carbocycles. The molecule has 19 heavy (non-hydrogen) atoms. The highest BCUT2D eigenvalue weighted by Gasteiger charge is 2.07. The Morgan fingerprint density at radius 3 is 2.47 bits per heavy atom. The van der Waals surface area contributed by atoms with Gasteiger partial charge in [-0.25, -0.2) is 9.18 Å². The predicted octanol–water partition coefficient (Wildman–Crippen LogP) is 4.43. The number of carbonyl (C=O) groups is 1. The number of halogens is 2. The smallest absolute Gasteiger partial charge is 0.308 e. The molecule has 2 aromatic rings. The highest BCUT2D eigenvalue weighted by Crippen LogP contribution is 2.18. The van der Waals surface area contributed by atoms with E-state index in [0.29, 0.717) is 22.0 Å². The fourth-order valence-corrected chi connectivity index (χ4v) is 1.69. The van der Waals surface area contributed by atoms with Crippen molar-refractivity contribution >= 4 is 29.0 Å². The van der Waals surface area contributed by atoms with Gasteiger partial charge in [0.25, 0.3) is 0 Å². The van der Waals surface area contributed by atoms with Gasteiger partial charge in [0.2, 0.25) is 0 Å². The molecular weight excluding hydrogens is 267 g/mol. The molecular formula is C14H12ClFN2O. The van der Waals surface area contributed by atoms with Gasteiger partial charge in [0.15, 0.2) is 0 Å². The number of hydrogen-bond donors (Lipinski definition) is 2. The molecule has 0 atom stereocenters. The topological polar surface area (TPSA) is 41.1 Å². The average molecular weight is 279 g/mol. The average Bonchev–Trinajstić information content (AvgIpc) is 2.38. The Hall–Kier alpha value is -2.07. The molecule has 0 saturated carbocycles. The lowest BCUT2D eigenvalue weighted by atomic mass is 10.2. The second-order valence-corrected chi connectivity index (χ2v) is 4.43. The lowest BCUT2D eigenvalue weighted by Crippen LogP contribution is -2.20. The van der Waals surface area contributed by atoms with Crippen molar-refractivity contribution in [3.63, 3.8) is 0 Å². The molecule has 2 amide bonds. The van der Waals surface area contributed by atoms with E-state index < -0.39 is 6.03 Å². The Bertz CT molecular complexity index is 599. The van der Waals surface area contributed by atoms with Gasteiger partial charge >= 0.3 is 6.03 Å². The molecule has 0 saturated heterocycles. The number of benzene rings is 2. The van der Waals surface area contributed by atoms with Gasteiger partial charge in [-0.2, -0.15) is 0 Å². The largest absolute Gasteiger partial charge is 0.323 e. The van der Waals surface area contributed by atoms with Crippen molar-refractivity contribution < 1.29 is 9.18 Å². The summed E-state index contributed by atoms with van der Waals surface area (Å²) in [6.45, 7) is 1.60. The van der Waals surface area contributed by atoms with Gasteiger partial charge in [0.05, 0.1) is 0 Å². The quantitative estimate of drug-likeness (QED) is 0.838. The summed E-state index contributed by atoms with van der Waals surface area (Å²) in [6.07, 6.45) is 0.